The van der Waals surface area contributed by atoms with Crippen LogP contribution in [0.2, 0.25) is 0 Å². The number of nitrogens with one attached hydrogen (secondary N) is 2. The van der Waals surface area contributed by atoms with Gasteiger partial charge in [-0.05, 0) is 18.1 Å². The molecule has 0 aliphatic rings. The minimum atomic E-state index is -0.343. The predicted molar refractivity (Wildman–Crippen MR) is 99.9 cm³/mol. The van der Waals surface area contributed by atoms with Crippen LogP contribution in [0.4, 0.5) is 0 Å². The van der Waals surface area contributed by atoms with E-state index in [-0.39, 0.29) is 30.0 Å². The molecular formula is C19H24N4O3. The van der Waals surface area contributed by atoms with Gasteiger partial charge in [-0.3, -0.25) is 9.59 Å². The van der Waals surface area contributed by atoms with E-state index >= 15 is 0 Å². The molecule has 0 radical (unpaired) electrons. The molecule has 1 aromatic heterocycles. The molecule has 138 valence electrons. The molecule has 1 aromatic carbocycles. The zero-order valence-electron chi connectivity index (χ0n) is 15.1. The summed E-state index contributed by atoms with van der Waals surface area (Å²) in [5.74, 6) is 1.28. The van der Waals surface area contributed by atoms with Crippen molar-refractivity contribution in [2.24, 2.45) is 5.92 Å². The SMILES string of the molecule is C=CCOc1cccc(-c2nnc(CCC(=O)NCC(C)C)c(=O)[nH]2)c1. The van der Waals surface area contributed by atoms with Crippen molar-refractivity contribution >= 4 is 5.91 Å². The van der Waals surface area contributed by atoms with Gasteiger partial charge < -0.3 is 15.0 Å². The van der Waals surface area contributed by atoms with Crippen molar-refractivity contribution in [1.29, 1.82) is 0 Å². The van der Waals surface area contributed by atoms with Crippen LogP contribution in [0.3, 0.4) is 0 Å². The van der Waals surface area contributed by atoms with E-state index in [1.165, 1.54) is 0 Å². The number of benzene rings is 1. The Morgan fingerprint density at radius 2 is 2.19 bits per heavy atom. The molecule has 0 aliphatic carbocycles. The average Bonchev–Trinajstić information content (AvgIpc) is 2.63. The number of rotatable bonds is 9. The fourth-order valence-corrected chi connectivity index (χ4v) is 2.18. The number of hydrogen-bond acceptors (Lipinski definition) is 5. The van der Waals surface area contributed by atoms with Crippen molar-refractivity contribution < 1.29 is 9.53 Å². The van der Waals surface area contributed by atoms with Gasteiger partial charge in [0.15, 0.2) is 5.82 Å². The number of ether oxygens (including phenoxy) is 1. The predicted octanol–water partition coefficient (Wildman–Crippen LogP) is 2.10. The first kappa shape index (κ1) is 19.4. The lowest BCUT2D eigenvalue weighted by Crippen LogP contribution is -2.28. The number of aryl methyl sites for hydroxylation is 1. The van der Waals surface area contributed by atoms with Crippen LogP contribution in [0.5, 0.6) is 5.75 Å². The Morgan fingerprint density at radius 3 is 2.88 bits per heavy atom. The smallest absolute Gasteiger partial charge is 0.273 e. The topological polar surface area (TPSA) is 97.0 Å². The molecule has 2 N–H and O–H groups in total. The lowest BCUT2D eigenvalue weighted by atomic mass is 10.2. The number of aromatic nitrogens is 3. The lowest BCUT2D eigenvalue weighted by molar-refractivity contribution is -0.121. The minimum absolute atomic E-state index is 0.101. The molecule has 1 amide bonds. The van der Waals surface area contributed by atoms with Gasteiger partial charge in [0.25, 0.3) is 5.56 Å². The van der Waals surface area contributed by atoms with Crippen LogP contribution in [-0.4, -0.2) is 34.2 Å². The van der Waals surface area contributed by atoms with Crippen LogP contribution in [0.1, 0.15) is 26.0 Å². The average molecular weight is 356 g/mol. The molecule has 1 heterocycles. The Hall–Kier alpha value is -2.96. The normalized spacial score (nSPS) is 10.6. The van der Waals surface area contributed by atoms with Crippen LogP contribution < -0.4 is 15.6 Å². The van der Waals surface area contributed by atoms with E-state index in [2.05, 4.69) is 27.1 Å². The quantitative estimate of drug-likeness (QED) is 0.671. The Labute approximate surface area is 152 Å². The van der Waals surface area contributed by atoms with E-state index in [0.717, 1.165) is 0 Å². The van der Waals surface area contributed by atoms with Crippen LogP contribution in [0.25, 0.3) is 11.4 Å². The molecule has 7 nitrogen and oxygen atoms in total. The Morgan fingerprint density at radius 1 is 1.38 bits per heavy atom. The number of carbonyl (C=O) groups is 1. The third-order valence-corrected chi connectivity index (χ3v) is 3.54. The van der Waals surface area contributed by atoms with Crippen molar-refractivity contribution in [3.05, 3.63) is 53.0 Å². The van der Waals surface area contributed by atoms with Gasteiger partial charge in [-0.25, -0.2) is 0 Å². The van der Waals surface area contributed by atoms with Gasteiger partial charge in [-0.15, -0.1) is 10.2 Å². The summed E-state index contributed by atoms with van der Waals surface area (Å²) in [6.45, 7) is 8.65. The van der Waals surface area contributed by atoms with Crippen LogP contribution >= 0.6 is 0 Å². The second-order valence-electron chi connectivity index (χ2n) is 6.27. The van der Waals surface area contributed by atoms with Crippen molar-refractivity contribution in [2.45, 2.75) is 26.7 Å². The molecule has 2 rings (SSSR count). The lowest BCUT2D eigenvalue weighted by Gasteiger charge is -2.07. The highest BCUT2D eigenvalue weighted by molar-refractivity contribution is 5.76. The number of amides is 1. The fraction of sp³-hybridized carbons (Fsp3) is 0.368. The van der Waals surface area contributed by atoms with Crippen molar-refractivity contribution in [2.75, 3.05) is 13.2 Å². The van der Waals surface area contributed by atoms with Gasteiger partial charge >= 0.3 is 0 Å². The van der Waals surface area contributed by atoms with E-state index in [4.69, 9.17) is 4.74 Å². The number of H-pyrrole nitrogens is 1. The highest BCUT2D eigenvalue weighted by atomic mass is 16.5. The Kier molecular flexibility index (Phi) is 7.08. The van der Waals surface area contributed by atoms with E-state index in [1.54, 1.807) is 24.3 Å². The molecule has 0 spiro atoms. The van der Waals surface area contributed by atoms with Crippen LogP contribution in [0.15, 0.2) is 41.7 Å². The summed E-state index contributed by atoms with van der Waals surface area (Å²) < 4.78 is 5.47. The molecule has 0 bridgehead atoms. The molecule has 26 heavy (non-hydrogen) atoms. The minimum Gasteiger partial charge on any atom is -0.490 e. The van der Waals surface area contributed by atoms with E-state index in [0.29, 0.717) is 36.2 Å². The van der Waals surface area contributed by atoms with Crippen LogP contribution in [-0.2, 0) is 11.2 Å². The van der Waals surface area contributed by atoms with Gasteiger partial charge in [-0.1, -0.05) is 38.6 Å². The van der Waals surface area contributed by atoms with Crippen molar-refractivity contribution in [3.8, 4) is 17.1 Å². The second-order valence-corrected chi connectivity index (χ2v) is 6.27. The number of nitrogens with zero attached hydrogens (tertiary/aromatic N) is 2. The summed E-state index contributed by atoms with van der Waals surface area (Å²) in [6.07, 6.45) is 2.10. The Balaban J connectivity index is 2.04. The first-order valence-corrected chi connectivity index (χ1v) is 8.56. The molecule has 2 aromatic rings. The standard InChI is InChI=1S/C19H24N4O3/c1-4-10-26-15-7-5-6-14(11-15)18-21-19(25)16(22-23-18)8-9-17(24)20-12-13(2)3/h4-7,11,13H,1,8-10,12H2,2-3H3,(H,20,24)(H,21,23,25). The van der Waals surface area contributed by atoms with E-state index < -0.39 is 0 Å². The molecule has 0 saturated carbocycles. The summed E-state index contributed by atoms with van der Waals surface area (Å²) in [4.78, 5) is 26.7. The number of aromatic amines is 1. The van der Waals surface area contributed by atoms with Gasteiger partial charge in [0, 0.05) is 24.9 Å². The maximum atomic E-state index is 12.2. The van der Waals surface area contributed by atoms with Gasteiger partial charge in [0.2, 0.25) is 5.91 Å². The van der Waals surface area contributed by atoms with Gasteiger partial charge in [0.05, 0.1) is 0 Å². The van der Waals surface area contributed by atoms with Crippen molar-refractivity contribution in [1.82, 2.24) is 20.5 Å². The first-order chi connectivity index (χ1) is 12.5. The van der Waals surface area contributed by atoms with Gasteiger partial charge in [-0.2, -0.15) is 0 Å². The number of carbonyl (C=O) groups excluding carboxylic acids is 1. The molecular weight excluding hydrogens is 332 g/mol. The summed E-state index contributed by atoms with van der Waals surface area (Å²) in [5.41, 5.74) is 0.592. The summed E-state index contributed by atoms with van der Waals surface area (Å²) in [7, 11) is 0. The summed E-state index contributed by atoms with van der Waals surface area (Å²) in [6, 6.07) is 7.19. The zero-order chi connectivity index (χ0) is 18.9. The van der Waals surface area contributed by atoms with Crippen molar-refractivity contribution in [3.63, 3.8) is 0 Å². The van der Waals surface area contributed by atoms with Gasteiger partial charge in [0.1, 0.15) is 18.1 Å². The molecule has 7 heteroatoms. The monoisotopic (exact) mass is 356 g/mol. The molecule has 0 aliphatic heterocycles. The molecule has 0 unspecified atom stereocenters. The molecule has 0 saturated heterocycles. The third-order valence-electron chi connectivity index (χ3n) is 3.54. The highest BCUT2D eigenvalue weighted by Crippen LogP contribution is 2.19. The fourth-order valence-electron chi connectivity index (χ4n) is 2.18. The van der Waals surface area contributed by atoms with Crippen LogP contribution in [0, 0.1) is 5.92 Å². The maximum Gasteiger partial charge on any atom is 0.273 e. The summed E-state index contributed by atoms with van der Waals surface area (Å²) >= 11 is 0. The highest BCUT2D eigenvalue weighted by Gasteiger charge is 2.10. The largest absolute Gasteiger partial charge is 0.490 e. The number of hydrogen-bond donors (Lipinski definition) is 2. The Bertz CT molecular complexity index is 814. The summed E-state index contributed by atoms with van der Waals surface area (Å²) in [5, 5.41) is 10.9. The molecule has 0 fully saturated rings. The first-order valence-electron chi connectivity index (χ1n) is 8.56. The third kappa shape index (κ3) is 5.84. The zero-order valence-corrected chi connectivity index (χ0v) is 15.1. The second kappa shape index (κ2) is 9.50. The molecule has 0 atom stereocenters. The van der Waals surface area contributed by atoms with E-state index in [9.17, 15) is 9.59 Å². The van der Waals surface area contributed by atoms with E-state index in [1.807, 2.05) is 19.9 Å². The maximum absolute atomic E-state index is 12.2.